The van der Waals surface area contributed by atoms with Crippen LogP contribution in [0.5, 0.6) is 0 Å². The number of rotatable bonds is 2. The topological polar surface area (TPSA) is 76.2 Å². The number of aromatic nitrogens is 1. The fourth-order valence-electron chi connectivity index (χ4n) is 1.29. The zero-order valence-corrected chi connectivity index (χ0v) is 7.03. The number of nitrogens with two attached hydrogens (primary N) is 1. The average molecular weight is 178 g/mol. The number of hydrogen-bond acceptors (Lipinski definition) is 3. The van der Waals surface area contributed by atoms with E-state index in [2.05, 4.69) is 4.98 Å². The zero-order chi connectivity index (χ0) is 9.42. The van der Waals surface area contributed by atoms with Crippen LogP contribution in [-0.4, -0.2) is 16.1 Å². The Balaban J connectivity index is 2.41. The molecule has 1 aliphatic carbocycles. The summed E-state index contributed by atoms with van der Waals surface area (Å²) in [6, 6.07) is 2.99. The van der Waals surface area contributed by atoms with Crippen LogP contribution in [0.1, 0.15) is 34.8 Å². The number of carboxylic acids is 1. The maximum absolute atomic E-state index is 10.7. The molecular formula is C9H10N2O2. The summed E-state index contributed by atoms with van der Waals surface area (Å²) in [6.07, 6.45) is 2.19. The van der Waals surface area contributed by atoms with Gasteiger partial charge in [0.05, 0.1) is 5.56 Å². The summed E-state index contributed by atoms with van der Waals surface area (Å²) in [5, 5.41) is 8.75. The standard InChI is InChI=1S/C9H10N2O2/c10-8-4-6(9(12)13)3-7(11-8)5-1-2-5/h3-5H,1-2H2,(H2,10,11)(H,12,13). The smallest absolute Gasteiger partial charge is 0.335 e. The highest BCUT2D eigenvalue weighted by molar-refractivity contribution is 5.88. The van der Waals surface area contributed by atoms with Crippen molar-refractivity contribution in [3.63, 3.8) is 0 Å². The SMILES string of the molecule is Nc1cc(C(=O)O)cc(C2CC2)n1. The van der Waals surface area contributed by atoms with Crippen molar-refractivity contribution in [2.75, 3.05) is 5.73 Å². The minimum Gasteiger partial charge on any atom is -0.478 e. The lowest BCUT2D eigenvalue weighted by atomic mass is 10.2. The van der Waals surface area contributed by atoms with E-state index >= 15 is 0 Å². The van der Waals surface area contributed by atoms with Gasteiger partial charge in [0.1, 0.15) is 5.82 Å². The molecule has 0 aromatic carbocycles. The maximum Gasteiger partial charge on any atom is 0.335 e. The van der Waals surface area contributed by atoms with Crippen LogP contribution in [0.2, 0.25) is 0 Å². The number of aromatic carboxylic acids is 1. The Morgan fingerprint density at radius 3 is 2.77 bits per heavy atom. The summed E-state index contributed by atoms with van der Waals surface area (Å²) < 4.78 is 0. The van der Waals surface area contributed by atoms with E-state index in [1.54, 1.807) is 6.07 Å². The average Bonchev–Trinajstić information content (AvgIpc) is 2.85. The first-order valence-electron chi connectivity index (χ1n) is 4.17. The number of carboxylic acid groups (broad SMARTS) is 1. The lowest BCUT2D eigenvalue weighted by Crippen LogP contribution is -2.02. The molecule has 4 heteroatoms. The molecule has 1 fully saturated rings. The number of hydrogen-bond donors (Lipinski definition) is 2. The molecule has 68 valence electrons. The number of pyridine rings is 1. The Morgan fingerprint density at radius 1 is 1.54 bits per heavy atom. The molecule has 0 amide bonds. The Bertz CT molecular complexity index is 359. The monoisotopic (exact) mass is 178 g/mol. The molecule has 0 bridgehead atoms. The third-order valence-corrected chi connectivity index (χ3v) is 2.11. The Kier molecular flexibility index (Phi) is 1.69. The van der Waals surface area contributed by atoms with Crippen LogP contribution in [0.3, 0.4) is 0 Å². The summed E-state index contributed by atoms with van der Waals surface area (Å²) >= 11 is 0. The predicted molar refractivity (Wildman–Crippen MR) is 47.6 cm³/mol. The third-order valence-electron chi connectivity index (χ3n) is 2.11. The van der Waals surface area contributed by atoms with E-state index in [0.29, 0.717) is 11.7 Å². The van der Waals surface area contributed by atoms with E-state index in [9.17, 15) is 4.79 Å². The molecule has 1 saturated carbocycles. The second kappa shape index (κ2) is 2.73. The minimum atomic E-state index is -0.948. The molecule has 13 heavy (non-hydrogen) atoms. The van der Waals surface area contributed by atoms with Gasteiger partial charge in [-0.25, -0.2) is 9.78 Å². The molecule has 1 aliphatic rings. The number of anilines is 1. The van der Waals surface area contributed by atoms with Gasteiger partial charge in [0.2, 0.25) is 0 Å². The van der Waals surface area contributed by atoms with Crippen molar-refractivity contribution in [2.24, 2.45) is 0 Å². The van der Waals surface area contributed by atoms with E-state index in [0.717, 1.165) is 18.5 Å². The van der Waals surface area contributed by atoms with Crippen molar-refractivity contribution in [1.29, 1.82) is 0 Å². The molecular weight excluding hydrogens is 168 g/mol. The van der Waals surface area contributed by atoms with E-state index in [1.165, 1.54) is 6.07 Å². The van der Waals surface area contributed by atoms with Crippen LogP contribution in [0, 0.1) is 0 Å². The van der Waals surface area contributed by atoms with Gasteiger partial charge in [0, 0.05) is 11.6 Å². The van der Waals surface area contributed by atoms with Crippen molar-refractivity contribution in [1.82, 2.24) is 4.98 Å². The maximum atomic E-state index is 10.7. The highest BCUT2D eigenvalue weighted by Gasteiger charge is 2.26. The lowest BCUT2D eigenvalue weighted by molar-refractivity contribution is 0.0696. The fraction of sp³-hybridized carbons (Fsp3) is 0.333. The molecule has 1 aromatic rings. The number of nitrogen functional groups attached to an aromatic ring is 1. The molecule has 2 rings (SSSR count). The highest BCUT2D eigenvalue weighted by atomic mass is 16.4. The summed E-state index contributed by atoms with van der Waals surface area (Å²) in [4.78, 5) is 14.8. The summed E-state index contributed by atoms with van der Waals surface area (Å²) in [5.41, 5.74) is 6.54. The summed E-state index contributed by atoms with van der Waals surface area (Å²) in [5.74, 6) is -0.223. The van der Waals surface area contributed by atoms with Gasteiger partial charge in [0.15, 0.2) is 0 Å². The normalized spacial score (nSPS) is 15.7. The van der Waals surface area contributed by atoms with Gasteiger partial charge in [-0.15, -0.1) is 0 Å². The second-order valence-corrected chi connectivity index (χ2v) is 3.28. The summed E-state index contributed by atoms with van der Waals surface area (Å²) in [6.45, 7) is 0. The molecule has 0 unspecified atom stereocenters. The molecule has 0 aliphatic heterocycles. The van der Waals surface area contributed by atoms with Gasteiger partial charge in [-0.05, 0) is 25.0 Å². The molecule has 0 spiro atoms. The third kappa shape index (κ3) is 1.61. The molecule has 0 atom stereocenters. The van der Waals surface area contributed by atoms with Crippen molar-refractivity contribution in [3.8, 4) is 0 Å². The first-order chi connectivity index (χ1) is 6.16. The quantitative estimate of drug-likeness (QED) is 0.714. The molecule has 0 saturated heterocycles. The van der Waals surface area contributed by atoms with Crippen LogP contribution in [-0.2, 0) is 0 Å². The molecule has 3 N–H and O–H groups in total. The van der Waals surface area contributed by atoms with Gasteiger partial charge in [-0.3, -0.25) is 0 Å². The van der Waals surface area contributed by atoms with Gasteiger partial charge >= 0.3 is 5.97 Å². The second-order valence-electron chi connectivity index (χ2n) is 3.28. The highest BCUT2D eigenvalue weighted by Crippen LogP contribution is 2.39. The van der Waals surface area contributed by atoms with Crippen LogP contribution >= 0.6 is 0 Å². The minimum absolute atomic E-state index is 0.231. The van der Waals surface area contributed by atoms with Gasteiger partial charge in [-0.1, -0.05) is 0 Å². The predicted octanol–water partition coefficient (Wildman–Crippen LogP) is 1.24. The lowest BCUT2D eigenvalue weighted by Gasteiger charge is -2.01. The van der Waals surface area contributed by atoms with E-state index in [1.807, 2.05) is 0 Å². The van der Waals surface area contributed by atoms with Crippen LogP contribution < -0.4 is 5.73 Å². The van der Waals surface area contributed by atoms with Crippen molar-refractivity contribution < 1.29 is 9.90 Å². The first kappa shape index (κ1) is 8.04. The van der Waals surface area contributed by atoms with Gasteiger partial charge in [0.25, 0.3) is 0 Å². The van der Waals surface area contributed by atoms with Gasteiger partial charge < -0.3 is 10.8 Å². The van der Waals surface area contributed by atoms with Crippen molar-refractivity contribution >= 4 is 11.8 Å². The fourth-order valence-corrected chi connectivity index (χ4v) is 1.29. The van der Waals surface area contributed by atoms with Crippen LogP contribution in [0.4, 0.5) is 5.82 Å². The Hall–Kier alpha value is -1.58. The Morgan fingerprint density at radius 2 is 2.23 bits per heavy atom. The molecule has 4 nitrogen and oxygen atoms in total. The largest absolute Gasteiger partial charge is 0.478 e. The van der Waals surface area contributed by atoms with E-state index < -0.39 is 5.97 Å². The number of carbonyl (C=O) groups is 1. The van der Waals surface area contributed by atoms with E-state index in [4.69, 9.17) is 10.8 Å². The van der Waals surface area contributed by atoms with Crippen molar-refractivity contribution in [3.05, 3.63) is 23.4 Å². The summed E-state index contributed by atoms with van der Waals surface area (Å²) in [7, 11) is 0. The van der Waals surface area contributed by atoms with E-state index in [-0.39, 0.29) is 5.56 Å². The molecule has 1 aromatic heterocycles. The first-order valence-corrected chi connectivity index (χ1v) is 4.17. The number of nitrogens with zero attached hydrogens (tertiary/aromatic N) is 1. The molecule has 0 radical (unpaired) electrons. The molecule has 1 heterocycles. The Labute approximate surface area is 75.4 Å². The van der Waals surface area contributed by atoms with Gasteiger partial charge in [-0.2, -0.15) is 0 Å². The van der Waals surface area contributed by atoms with Crippen LogP contribution in [0.25, 0.3) is 0 Å². The van der Waals surface area contributed by atoms with Crippen LogP contribution in [0.15, 0.2) is 12.1 Å². The zero-order valence-electron chi connectivity index (χ0n) is 7.03. The van der Waals surface area contributed by atoms with Crippen molar-refractivity contribution in [2.45, 2.75) is 18.8 Å².